The van der Waals surface area contributed by atoms with E-state index in [-0.39, 0.29) is 5.56 Å². The third kappa shape index (κ3) is 3.08. The largest absolute Gasteiger partial charge is 0.478 e. The fourth-order valence-corrected chi connectivity index (χ4v) is 2.37. The molecule has 1 N–H and O–H groups in total. The van der Waals surface area contributed by atoms with Crippen molar-refractivity contribution in [3.63, 3.8) is 0 Å². The van der Waals surface area contributed by atoms with Crippen molar-refractivity contribution in [1.29, 1.82) is 0 Å². The van der Waals surface area contributed by atoms with Crippen molar-refractivity contribution < 1.29 is 14.6 Å². The summed E-state index contributed by atoms with van der Waals surface area (Å²) in [6.45, 7) is 0. The van der Waals surface area contributed by atoms with Gasteiger partial charge in [0.25, 0.3) is 0 Å². The van der Waals surface area contributed by atoms with E-state index in [0.717, 1.165) is 8.95 Å². The second-order valence-electron chi connectivity index (χ2n) is 3.37. The van der Waals surface area contributed by atoms with Crippen LogP contribution in [0.2, 0.25) is 0 Å². The Kier molecular flexibility index (Phi) is 3.98. The zero-order valence-corrected chi connectivity index (χ0v) is 12.1. The summed E-state index contributed by atoms with van der Waals surface area (Å²) >= 11 is 6.71. The Morgan fingerprint density at radius 2 is 2.00 bits per heavy atom. The molecule has 2 aromatic rings. The molecule has 1 aromatic heterocycles. The lowest BCUT2D eigenvalue weighted by Crippen LogP contribution is -1.97. The number of carbonyl (C=O) groups is 1. The van der Waals surface area contributed by atoms with Gasteiger partial charge in [0.15, 0.2) is 0 Å². The lowest BCUT2D eigenvalue weighted by atomic mass is 10.3. The molecule has 0 radical (unpaired) electrons. The Hall–Kier alpha value is -1.40. The summed E-state index contributed by atoms with van der Waals surface area (Å²) in [5.74, 6) is -0.0735. The van der Waals surface area contributed by atoms with E-state index in [9.17, 15) is 4.79 Å². The molecule has 0 bridgehead atoms. The fraction of sp³-hybridized carbons (Fsp3) is 0. The van der Waals surface area contributed by atoms with E-state index in [1.165, 1.54) is 18.3 Å². The Morgan fingerprint density at radius 1 is 1.22 bits per heavy atom. The van der Waals surface area contributed by atoms with E-state index in [4.69, 9.17) is 9.84 Å². The quantitative estimate of drug-likeness (QED) is 0.881. The minimum atomic E-state index is -1.01. The molecule has 0 amide bonds. The average Bonchev–Trinajstić information content (AvgIpc) is 2.33. The van der Waals surface area contributed by atoms with Crippen molar-refractivity contribution in [3.8, 4) is 11.6 Å². The normalized spacial score (nSPS) is 10.1. The predicted octanol–water partition coefficient (Wildman–Crippen LogP) is 4.10. The van der Waals surface area contributed by atoms with Crippen molar-refractivity contribution >= 4 is 37.8 Å². The molecule has 92 valence electrons. The minimum absolute atomic E-state index is 0.122. The molecule has 0 aliphatic heterocycles. The van der Waals surface area contributed by atoms with Crippen LogP contribution in [-0.2, 0) is 0 Å². The number of nitrogens with zero attached hydrogens (tertiary/aromatic N) is 1. The van der Waals surface area contributed by atoms with Gasteiger partial charge < -0.3 is 9.84 Å². The summed E-state index contributed by atoms with van der Waals surface area (Å²) in [6, 6.07) is 8.42. The van der Waals surface area contributed by atoms with Gasteiger partial charge in [-0.3, -0.25) is 0 Å². The van der Waals surface area contributed by atoms with Crippen molar-refractivity contribution in [1.82, 2.24) is 4.98 Å². The maximum atomic E-state index is 10.7. The number of benzene rings is 1. The maximum absolute atomic E-state index is 10.7. The lowest BCUT2D eigenvalue weighted by molar-refractivity contribution is 0.0696. The smallest absolute Gasteiger partial charge is 0.337 e. The summed E-state index contributed by atoms with van der Waals surface area (Å²) in [7, 11) is 0. The Labute approximate surface area is 120 Å². The molecule has 18 heavy (non-hydrogen) atoms. The average molecular weight is 373 g/mol. The molecule has 0 unspecified atom stereocenters. The zero-order chi connectivity index (χ0) is 13.1. The van der Waals surface area contributed by atoms with Gasteiger partial charge in [-0.2, -0.15) is 0 Å². The highest BCUT2D eigenvalue weighted by Crippen LogP contribution is 2.31. The topological polar surface area (TPSA) is 59.4 Å². The summed E-state index contributed by atoms with van der Waals surface area (Å²) in [5, 5.41) is 8.75. The first-order chi connectivity index (χ1) is 8.56. The van der Waals surface area contributed by atoms with Crippen molar-refractivity contribution in [2.24, 2.45) is 0 Å². The summed E-state index contributed by atoms with van der Waals surface area (Å²) in [4.78, 5) is 14.6. The van der Waals surface area contributed by atoms with E-state index >= 15 is 0 Å². The van der Waals surface area contributed by atoms with E-state index in [2.05, 4.69) is 36.8 Å². The van der Waals surface area contributed by atoms with Crippen LogP contribution >= 0.6 is 31.9 Å². The Bertz CT molecular complexity index is 584. The second kappa shape index (κ2) is 5.49. The van der Waals surface area contributed by atoms with Gasteiger partial charge >= 0.3 is 5.97 Å². The molecule has 1 heterocycles. The van der Waals surface area contributed by atoms with Gasteiger partial charge in [0.05, 0.1) is 10.0 Å². The molecular weight excluding hydrogens is 366 g/mol. The number of hydrogen-bond donors (Lipinski definition) is 1. The Morgan fingerprint density at radius 3 is 2.56 bits per heavy atom. The van der Waals surface area contributed by atoms with E-state index in [0.29, 0.717) is 11.6 Å². The van der Waals surface area contributed by atoms with Crippen LogP contribution < -0.4 is 4.74 Å². The number of halogens is 2. The molecule has 4 nitrogen and oxygen atoms in total. The molecule has 0 saturated heterocycles. The highest BCUT2D eigenvalue weighted by molar-refractivity contribution is 9.11. The first-order valence-corrected chi connectivity index (χ1v) is 6.47. The van der Waals surface area contributed by atoms with Gasteiger partial charge in [0.1, 0.15) is 5.75 Å². The highest BCUT2D eigenvalue weighted by Gasteiger charge is 2.06. The first kappa shape index (κ1) is 13.0. The summed E-state index contributed by atoms with van der Waals surface area (Å²) in [6.07, 6.45) is 1.25. The molecule has 1 aromatic carbocycles. The number of hydrogen-bond acceptors (Lipinski definition) is 3. The third-order valence-corrected chi connectivity index (χ3v) is 3.20. The zero-order valence-electron chi connectivity index (χ0n) is 8.93. The SMILES string of the molecule is O=C(O)c1ccc(Oc2ccc(Br)cc2Br)nc1. The van der Waals surface area contributed by atoms with Crippen LogP contribution in [0.3, 0.4) is 0 Å². The Balaban J connectivity index is 2.21. The van der Waals surface area contributed by atoms with Gasteiger partial charge in [-0.05, 0) is 40.2 Å². The third-order valence-electron chi connectivity index (χ3n) is 2.09. The van der Waals surface area contributed by atoms with Crippen LogP contribution in [0.1, 0.15) is 10.4 Å². The van der Waals surface area contributed by atoms with E-state index in [1.54, 1.807) is 6.07 Å². The number of aromatic carboxylic acids is 1. The molecule has 6 heteroatoms. The predicted molar refractivity (Wildman–Crippen MR) is 73.1 cm³/mol. The van der Waals surface area contributed by atoms with Crippen LogP contribution in [0.25, 0.3) is 0 Å². The van der Waals surface area contributed by atoms with Crippen LogP contribution in [0.4, 0.5) is 0 Å². The van der Waals surface area contributed by atoms with Crippen LogP contribution in [-0.4, -0.2) is 16.1 Å². The lowest BCUT2D eigenvalue weighted by Gasteiger charge is -2.07. The number of ether oxygens (including phenoxy) is 1. The molecular formula is C12H7Br2NO3. The van der Waals surface area contributed by atoms with Gasteiger partial charge in [0, 0.05) is 16.7 Å². The van der Waals surface area contributed by atoms with Gasteiger partial charge in [-0.15, -0.1) is 0 Å². The van der Waals surface area contributed by atoms with Crippen molar-refractivity contribution in [2.45, 2.75) is 0 Å². The van der Waals surface area contributed by atoms with Gasteiger partial charge in [-0.25, -0.2) is 9.78 Å². The van der Waals surface area contributed by atoms with E-state index < -0.39 is 5.97 Å². The number of aromatic nitrogens is 1. The molecule has 2 rings (SSSR count). The number of carboxylic acids is 1. The highest BCUT2D eigenvalue weighted by atomic mass is 79.9. The van der Waals surface area contributed by atoms with Crippen LogP contribution in [0.15, 0.2) is 45.5 Å². The molecule has 0 saturated carbocycles. The molecule has 0 atom stereocenters. The monoisotopic (exact) mass is 371 g/mol. The molecule has 0 aliphatic carbocycles. The van der Waals surface area contributed by atoms with E-state index in [1.807, 2.05) is 12.1 Å². The van der Waals surface area contributed by atoms with Gasteiger partial charge in [0.2, 0.25) is 5.88 Å². The molecule has 0 aliphatic rings. The summed E-state index contributed by atoms with van der Waals surface area (Å²) < 4.78 is 7.23. The minimum Gasteiger partial charge on any atom is -0.478 e. The fourth-order valence-electron chi connectivity index (χ4n) is 1.24. The second-order valence-corrected chi connectivity index (χ2v) is 5.14. The van der Waals surface area contributed by atoms with Crippen molar-refractivity contribution in [2.75, 3.05) is 0 Å². The maximum Gasteiger partial charge on any atom is 0.337 e. The number of rotatable bonds is 3. The van der Waals surface area contributed by atoms with Crippen LogP contribution in [0.5, 0.6) is 11.6 Å². The number of pyridine rings is 1. The molecule has 0 fully saturated rings. The van der Waals surface area contributed by atoms with Crippen molar-refractivity contribution in [3.05, 3.63) is 51.0 Å². The van der Waals surface area contributed by atoms with Gasteiger partial charge in [-0.1, -0.05) is 15.9 Å². The summed E-state index contributed by atoms with van der Waals surface area (Å²) in [5.41, 5.74) is 0.122. The molecule has 0 spiro atoms. The van der Waals surface area contributed by atoms with Crippen LogP contribution in [0, 0.1) is 0 Å². The standard InChI is InChI=1S/C12H7Br2NO3/c13-8-2-3-10(9(14)5-8)18-11-4-1-7(6-15-11)12(16)17/h1-6H,(H,16,17). The first-order valence-electron chi connectivity index (χ1n) is 4.88. The number of carboxylic acid groups (broad SMARTS) is 1.